The zero-order valence-electron chi connectivity index (χ0n) is 14.8. The Morgan fingerprint density at radius 1 is 1.00 bits per heavy atom. The SMILES string of the molecule is O=C(Nc1ccc(N2CCCC2)nc1)C1CCCN(c2ncccn2)C1. The quantitative estimate of drug-likeness (QED) is 0.910. The van der Waals surface area contributed by atoms with Gasteiger partial charge in [-0.1, -0.05) is 0 Å². The van der Waals surface area contributed by atoms with Crippen LogP contribution in [0, 0.1) is 5.92 Å². The summed E-state index contributed by atoms with van der Waals surface area (Å²) in [5, 5.41) is 3.01. The van der Waals surface area contributed by atoms with E-state index in [0.717, 1.165) is 44.0 Å². The first-order chi connectivity index (χ1) is 12.8. The van der Waals surface area contributed by atoms with Crippen molar-refractivity contribution in [3.63, 3.8) is 0 Å². The number of aromatic nitrogens is 3. The van der Waals surface area contributed by atoms with Crippen LogP contribution in [0.15, 0.2) is 36.8 Å². The summed E-state index contributed by atoms with van der Waals surface area (Å²) in [6.07, 6.45) is 9.52. The summed E-state index contributed by atoms with van der Waals surface area (Å²) >= 11 is 0. The Bertz CT molecular complexity index is 729. The molecule has 0 radical (unpaired) electrons. The van der Waals surface area contributed by atoms with E-state index in [2.05, 4.69) is 30.1 Å². The van der Waals surface area contributed by atoms with Crippen molar-refractivity contribution in [3.05, 3.63) is 36.8 Å². The largest absolute Gasteiger partial charge is 0.357 e. The van der Waals surface area contributed by atoms with Crippen molar-refractivity contribution >= 4 is 23.4 Å². The number of carbonyl (C=O) groups excluding carboxylic acids is 1. The lowest BCUT2D eigenvalue weighted by Gasteiger charge is -2.31. The second-order valence-corrected chi connectivity index (χ2v) is 6.92. The maximum absolute atomic E-state index is 12.7. The number of piperidine rings is 1. The number of rotatable bonds is 4. The van der Waals surface area contributed by atoms with Gasteiger partial charge in [0.05, 0.1) is 17.8 Å². The van der Waals surface area contributed by atoms with Gasteiger partial charge in [0.25, 0.3) is 0 Å². The molecular formula is C19H24N6O. The predicted molar refractivity (Wildman–Crippen MR) is 101 cm³/mol. The van der Waals surface area contributed by atoms with Crippen molar-refractivity contribution < 1.29 is 4.79 Å². The summed E-state index contributed by atoms with van der Waals surface area (Å²) in [7, 11) is 0. The maximum atomic E-state index is 12.7. The fourth-order valence-electron chi connectivity index (χ4n) is 3.66. The van der Waals surface area contributed by atoms with E-state index in [1.54, 1.807) is 24.7 Å². The summed E-state index contributed by atoms with van der Waals surface area (Å²) in [5.41, 5.74) is 0.756. The molecule has 1 atom stereocenters. The molecule has 7 heteroatoms. The Hall–Kier alpha value is -2.70. The molecule has 26 heavy (non-hydrogen) atoms. The van der Waals surface area contributed by atoms with Gasteiger partial charge in [0.1, 0.15) is 5.82 Å². The molecule has 1 amide bonds. The van der Waals surface area contributed by atoms with Gasteiger partial charge in [-0.05, 0) is 43.9 Å². The number of anilines is 3. The molecule has 0 saturated carbocycles. The molecule has 136 valence electrons. The first-order valence-electron chi connectivity index (χ1n) is 9.33. The van der Waals surface area contributed by atoms with Crippen LogP contribution in [-0.4, -0.2) is 47.0 Å². The second kappa shape index (κ2) is 7.68. The lowest BCUT2D eigenvalue weighted by atomic mass is 9.97. The molecule has 0 spiro atoms. The Morgan fingerprint density at radius 3 is 2.50 bits per heavy atom. The van der Waals surface area contributed by atoms with Crippen LogP contribution in [0.4, 0.5) is 17.5 Å². The molecule has 2 aromatic rings. The monoisotopic (exact) mass is 352 g/mol. The fourth-order valence-corrected chi connectivity index (χ4v) is 3.66. The zero-order valence-corrected chi connectivity index (χ0v) is 14.8. The van der Waals surface area contributed by atoms with E-state index < -0.39 is 0 Å². The van der Waals surface area contributed by atoms with Crippen LogP contribution < -0.4 is 15.1 Å². The first kappa shape index (κ1) is 16.8. The van der Waals surface area contributed by atoms with Gasteiger partial charge < -0.3 is 15.1 Å². The normalized spacial score (nSPS) is 20.2. The summed E-state index contributed by atoms with van der Waals surface area (Å²) < 4.78 is 0. The topological polar surface area (TPSA) is 74.2 Å². The van der Waals surface area contributed by atoms with Crippen molar-refractivity contribution in [2.24, 2.45) is 5.92 Å². The van der Waals surface area contributed by atoms with Gasteiger partial charge >= 0.3 is 0 Å². The summed E-state index contributed by atoms with van der Waals surface area (Å²) in [4.78, 5) is 30.1. The number of amides is 1. The van der Waals surface area contributed by atoms with Crippen LogP contribution in [0.2, 0.25) is 0 Å². The summed E-state index contributed by atoms with van der Waals surface area (Å²) in [6, 6.07) is 5.74. The minimum Gasteiger partial charge on any atom is -0.357 e. The minimum atomic E-state index is -0.0641. The molecule has 4 rings (SSSR count). The van der Waals surface area contributed by atoms with Crippen molar-refractivity contribution in [3.8, 4) is 0 Å². The Labute approximate surface area is 153 Å². The number of carbonyl (C=O) groups is 1. The highest BCUT2D eigenvalue weighted by molar-refractivity contribution is 5.93. The van der Waals surface area contributed by atoms with Crippen LogP contribution in [0.5, 0.6) is 0 Å². The molecular weight excluding hydrogens is 328 g/mol. The summed E-state index contributed by atoms with van der Waals surface area (Å²) in [6.45, 7) is 3.67. The van der Waals surface area contributed by atoms with Crippen molar-refractivity contribution in [2.75, 3.05) is 41.3 Å². The third-order valence-electron chi connectivity index (χ3n) is 5.07. The van der Waals surface area contributed by atoms with E-state index in [4.69, 9.17) is 0 Å². The highest BCUT2D eigenvalue weighted by Gasteiger charge is 2.27. The van der Waals surface area contributed by atoms with E-state index in [-0.39, 0.29) is 11.8 Å². The fraction of sp³-hybridized carbons (Fsp3) is 0.474. The molecule has 2 saturated heterocycles. The molecule has 0 bridgehead atoms. The molecule has 0 aromatic carbocycles. The molecule has 4 heterocycles. The standard InChI is InChI=1S/C19H24N6O/c26-18(15-5-3-12-25(14-15)19-20-8-4-9-21-19)23-16-6-7-17(22-13-16)24-10-1-2-11-24/h4,6-9,13,15H,1-3,5,10-12,14H2,(H,23,26). The van der Waals surface area contributed by atoms with E-state index in [1.807, 2.05) is 12.1 Å². The average Bonchev–Trinajstić information content (AvgIpc) is 3.24. The number of nitrogens with one attached hydrogen (secondary N) is 1. The van der Waals surface area contributed by atoms with Gasteiger partial charge in [-0.25, -0.2) is 15.0 Å². The molecule has 2 aromatic heterocycles. The van der Waals surface area contributed by atoms with Crippen LogP contribution in [0.3, 0.4) is 0 Å². The van der Waals surface area contributed by atoms with E-state index in [0.29, 0.717) is 12.5 Å². The van der Waals surface area contributed by atoms with Crippen LogP contribution in [0.25, 0.3) is 0 Å². The minimum absolute atomic E-state index is 0.0429. The third kappa shape index (κ3) is 3.76. The molecule has 2 fully saturated rings. The number of hydrogen-bond donors (Lipinski definition) is 1. The van der Waals surface area contributed by atoms with Gasteiger partial charge in [-0.15, -0.1) is 0 Å². The number of hydrogen-bond acceptors (Lipinski definition) is 6. The van der Waals surface area contributed by atoms with E-state index in [9.17, 15) is 4.79 Å². The molecule has 7 nitrogen and oxygen atoms in total. The van der Waals surface area contributed by atoms with E-state index >= 15 is 0 Å². The Morgan fingerprint density at radius 2 is 1.77 bits per heavy atom. The van der Waals surface area contributed by atoms with Gasteiger partial charge in [0, 0.05) is 38.6 Å². The van der Waals surface area contributed by atoms with Gasteiger partial charge in [-0.3, -0.25) is 4.79 Å². The van der Waals surface area contributed by atoms with Gasteiger partial charge in [0.15, 0.2) is 0 Å². The second-order valence-electron chi connectivity index (χ2n) is 6.92. The maximum Gasteiger partial charge on any atom is 0.229 e. The predicted octanol–water partition coefficient (Wildman–Crippen LogP) is 2.33. The smallest absolute Gasteiger partial charge is 0.229 e. The number of pyridine rings is 1. The van der Waals surface area contributed by atoms with Crippen molar-refractivity contribution in [2.45, 2.75) is 25.7 Å². The van der Waals surface area contributed by atoms with Crippen molar-refractivity contribution in [1.82, 2.24) is 15.0 Å². The average molecular weight is 352 g/mol. The van der Waals surface area contributed by atoms with Crippen LogP contribution >= 0.6 is 0 Å². The highest BCUT2D eigenvalue weighted by atomic mass is 16.1. The zero-order chi connectivity index (χ0) is 17.8. The lowest BCUT2D eigenvalue weighted by Crippen LogP contribution is -2.41. The molecule has 2 aliphatic heterocycles. The first-order valence-corrected chi connectivity index (χ1v) is 9.33. The highest BCUT2D eigenvalue weighted by Crippen LogP contribution is 2.23. The third-order valence-corrected chi connectivity index (χ3v) is 5.07. The van der Waals surface area contributed by atoms with Gasteiger partial charge in [-0.2, -0.15) is 0 Å². The number of nitrogens with zero attached hydrogens (tertiary/aromatic N) is 5. The van der Waals surface area contributed by atoms with Crippen LogP contribution in [0.1, 0.15) is 25.7 Å². The lowest BCUT2D eigenvalue weighted by molar-refractivity contribution is -0.120. The molecule has 1 unspecified atom stereocenters. The van der Waals surface area contributed by atoms with Crippen molar-refractivity contribution in [1.29, 1.82) is 0 Å². The summed E-state index contributed by atoms with van der Waals surface area (Å²) in [5.74, 6) is 1.67. The molecule has 0 aliphatic carbocycles. The Balaban J connectivity index is 1.36. The Kier molecular flexibility index (Phi) is 4.95. The van der Waals surface area contributed by atoms with E-state index in [1.165, 1.54) is 12.8 Å². The molecule has 2 aliphatic rings. The van der Waals surface area contributed by atoms with Crippen LogP contribution in [-0.2, 0) is 4.79 Å². The molecule has 1 N–H and O–H groups in total. The van der Waals surface area contributed by atoms with Gasteiger partial charge in [0.2, 0.25) is 11.9 Å².